The zero-order chi connectivity index (χ0) is 21.5. The Kier molecular flexibility index (Phi) is 5.02. The lowest BCUT2D eigenvalue weighted by molar-refractivity contribution is 0.218. The zero-order valence-corrected chi connectivity index (χ0v) is 18.1. The number of rotatable bonds is 5. The average Bonchev–Trinajstić information content (AvgIpc) is 3.29. The molecule has 0 amide bonds. The summed E-state index contributed by atoms with van der Waals surface area (Å²) in [6.07, 6.45) is 5.57. The van der Waals surface area contributed by atoms with Crippen molar-refractivity contribution in [2.45, 2.75) is 39.3 Å². The number of piperidine rings is 1. The summed E-state index contributed by atoms with van der Waals surface area (Å²) in [7, 11) is 1.70. The van der Waals surface area contributed by atoms with Gasteiger partial charge >= 0.3 is 5.69 Å². The van der Waals surface area contributed by atoms with Crippen LogP contribution in [-0.2, 0) is 20.1 Å². The van der Waals surface area contributed by atoms with E-state index in [0.29, 0.717) is 30.0 Å². The molecule has 0 spiro atoms. The van der Waals surface area contributed by atoms with Crippen molar-refractivity contribution in [3.63, 3.8) is 0 Å². The van der Waals surface area contributed by atoms with Gasteiger partial charge in [0.1, 0.15) is 0 Å². The van der Waals surface area contributed by atoms with Crippen molar-refractivity contribution in [2.24, 2.45) is 7.05 Å². The standard InChI is InChI=1S/C23H28N6O2/c1-17-15-29-19-20(24-22(29)28(17)16-18-9-5-3-6-10-18)25(2)23(31)27(21(19)30)14-13-26-11-7-4-8-12-26/h3,5-6,9-10,15H,4,7-8,11-14,16H2,1-2H3. The molecule has 31 heavy (non-hydrogen) atoms. The van der Waals surface area contributed by atoms with Crippen molar-refractivity contribution in [3.05, 3.63) is 68.6 Å². The number of fused-ring (bicyclic) bond motifs is 3. The van der Waals surface area contributed by atoms with E-state index in [1.165, 1.54) is 28.4 Å². The van der Waals surface area contributed by atoms with E-state index < -0.39 is 0 Å². The van der Waals surface area contributed by atoms with E-state index in [0.717, 1.165) is 30.9 Å². The summed E-state index contributed by atoms with van der Waals surface area (Å²) in [6, 6.07) is 10.2. The van der Waals surface area contributed by atoms with Crippen LogP contribution in [0.4, 0.5) is 0 Å². The maximum absolute atomic E-state index is 13.4. The molecule has 0 saturated carbocycles. The molecule has 4 aromatic rings. The molecule has 0 atom stereocenters. The molecule has 0 bridgehead atoms. The van der Waals surface area contributed by atoms with E-state index in [9.17, 15) is 9.59 Å². The summed E-state index contributed by atoms with van der Waals surface area (Å²) in [4.78, 5) is 33.4. The first kappa shape index (κ1) is 19.8. The number of hydrogen-bond donors (Lipinski definition) is 0. The fourth-order valence-corrected chi connectivity index (χ4v) is 4.64. The molecule has 5 rings (SSSR count). The SMILES string of the molecule is Cc1cn2c3c(=O)n(CCN4CCCCC4)c(=O)n(C)c3nc2n1Cc1ccccc1. The Labute approximate surface area is 180 Å². The number of aryl methyl sites for hydroxylation is 2. The Morgan fingerprint density at radius 3 is 2.45 bits per heavy atom. The monoisotopic (exact) mass is 420 g/mol. The van der Waals surface area contributed by atoms with Gasteiger partial charge in [-0.15, -0.1) is 0 Å². The van der Waals surface area contributed by atoms with E-state index in [-0.39, 0.29) is 11.2 Å². The van der Waals surface area contributed by atoms with Crippen LogP contribution in [0.15, 0.2) is 46.1 Å². The third-order valence-electron chi connectivity index (χ3n) is 6.41. The summed E-state index contributed by atoms with van der Waals surface area (Å²) < 4.78 is 6.79. The number of nitrogens with zero attached hydrogens (tertiary/aromatic N) is 6. The molecule has 1 fully saturated rings. The third-order valence-corrected chi connectivity index (χ3v) is 6.41. The first-order valence-corrected chi connectivity index (χ1v) is 11.0. The lowest BCUT2D eigenvalue weighted by Gasteiger charge is -2.26. The molecule has 4 heterocycles. The van der Waals surface area contributed by atoms with Crippen molar-refractivity contribution in [3.8, 4) is 0 Å². The van der Waals surface area contributed by atoms with Crippen molar-refractivity contribution >= 4 is 16.9 Å². The predicted octanol–water partition coefficient (Wildman–Crippen LogP) is 1.99. The fourth-order valence-electron chi connectivity index (χ4n) is 4.64. The number of likely N-dealkylation sites (tertiary alicyclic amines) is 1. The first-order valence-electron chi connectivity index (χ1n) is 11.0. The Morgan fingerprint density at radius 1 is 0.968 bits per heavy atom. The summed E-state index contributed by atoms with van der Waals surface area (Å²) in [6.45, 7) is 5.87. The number of hydrogen-bond acceptors (Lipinski definition) is 4. The largest absolute Gasteiger partial charge is 0.332 e. The topological polar surface area (TPSA) is 69.5 Å². The number of benzene rings is 1. The Hall–Kier alpha value is -3.13. The van der Waals surface area contributed by atoms with Gasteiger partial charge in [0.05, 0.1) is 6.54 Å². The van der Waals surface area contributed by atoms with Gasteiger partial charge in [0, 0.05) is 32.0 Å². The second-order valence-corrected chi connectivity index (χ2v) is 8.50. The van der Waals surface area contributed by atoms with Gasteiger partial charge in [-0.25, -0.2) is 4.79 Å². The summed E-state index contributed by atoms with van der Waals surface area (Å²) >= 11 is 0. The van der Waals surface area contributed by atoms with Gasteiger partial charge in [0.25, 0.3) is 5.56 Å². The molecule has 8 nitrogen and oxygen atoms in total. The third kappa shape index (κ3) is 3.40. The lowest BCUT2D eigenvalue weighted by atomic mass is 10.1. The minimum atomic E-state index is -0.304. The molecule has 0 aliphatic carbocycles. The molecule has 0 unspecified atom stereocenters. The van der Waals surface area contributed by atoms with E-state index in [4.69, 9.17) is 4.98 Å². The van der Waals surface area contributed by atoms with Crippen LogP contribution < -0.4 is 11.2 Å². The van der Waals surface area contributed by atoms with Gasteiger partial charge in [-0.1, -0.05) is 36.8 Å². The molecule has 0 radical (unpaired) electrons. The molecule has 162 valence electrons. The minimum Gasteiger partial charge on any atom is -0.310 e. The van der Waals surface area contributed by atoms with Gasteiger partial charge in [-0.05, 0) is 38.4 Å². The first-order chi connectivity index (χ1) is 15.0. The normalized spacial score (nSPS) is 15.3. The summed E-state index contributed by atoms with van der Waals surface area (Å²) in [5.74, 6) is 0.678. The lowest BCUT2D eigenvalue weighted by Crippen LogP contribution is -2.43. The molecular formula is C23H28N6O2. The number of aromatic nitrogens is 5. The molecule has 1 saturated heterocycles. The van der Waals surface area contributed by atoms with Crippen LogP contribution in [0.25, 0.3) is 16.9 Å². The summed E-state index contributed by atoms with van der Waals surface area (Å²) in [5.41, 5.74) is 2.50. The molecular weight excluding hydrogens is 392 g/mol. The zero-order valence-electron chi connectivity index (χ0n) is 18.1. The Bertz CT molecular complexity index is 1350. The van der Waals surface area contributed by atoms with E-state index >= 15 is 0 Å². The molecule has 3 aromatic heterocycles. The van der Waals surface area contributed by atoms with Gasteiger partial charge in [0.2, 0.25) is 5.78 Å². The maximum atomic E-state index is 13.4. The van der Waals surface area contributed by atoms with Crippen molar-refractivity contribution in [1.82, 2.24) is 28.0 Å². The fraction of sp³-hybridized carbons (Fsp3) is 0.435. The molecule has 1 aliphatic rings. The van der Waals surface area contributed by atoms with Crippen LogP contribution in [-0.4, -0.2) is 47.6 Å². The summed E-state index contributed by atoms with van der Waals surface area (Å²) in [5, 5.41) is 0. The molecule has 8 heteroatoms. The van der Waals surface area contributed by atoms with Crippen LogP contribution >= 0.6 is 0 Å². The smallest absolute Gasteiger partial charge is 0.310 e. The van der Waals surface area contributed by atoms with E-state index in [1.807, 2.05) is 35.7 Å². The predicted molar refractivity (Wildman–Crippen MR) is 121 cm³/mol. The van der Waals surface area contributed by atoms with Crippen LogP contribution in [0, 0.1) is 6.92 Å². The molecule has 1 aliphatic heterocycles. The number of imidazole rings is 2. The van der Waals surface area contributed by atoms with Crippen molar-refractivity contribution in [1.29, 1.82) is 0 Å². The van der Waals surface area contributed by atoms with Crippen LogP contribution in [0.1, 0.15) is 30.5 Å². The van der Waals surface area contributed by atoms with E-state index in [2.05, 4.69) is 21.6 Å². The van der Waals surface area contributed by atoms with Crippen LogP contribution in [0.2, 0.25) is 0 Å². The minimum absolute atomic E-state index is 0.264. The highest BCUT2D eigenvalue weighted by atomic mass is 16.2. The second-order valence-electron chi connectivity index (χ2n) is 8.50. The molecule has 1 aromatic carbocycles. The highest BCUT2D eigenvalue weighted by Gasteiger charge is 2.21. The second kappa shape index (κ2) is 7.85. The average molecular weight is 421 g/mol. The van der Waals surface area contributed by atoms with E-state index in [1.54, 1.807) is 7.05 Å². The Morgan fingerprint density at radius 2 is 1.71 bits per heavy atom. The van der Waals surface area contributed by atoms with Gasteiger partial charge in [0.15, 0.2) is 11.2 Å². The van der Waals surface area contributed by atoms with Crippen LogP contribution in [0.5, 0.6) is 0 Å². The Balaban J connectivity index is 1.60. The van der Waals surface area contributed by atoms with Crippen molar-refractivity contribution in [2.75, 3.05) is 19.6 Å². The molecule has 0 N–H and O–H groups in total. The maximum Gasteiger partial charge on any atom is 0.332 e. The van der Waals surface area contributed by atoms with Gasteiger partial charge in [-0.2, -0.15) is 4.98 Å². The van der Waals surface area contributed by atoms with Crippen molar-refractivity contribution < 1.29 is 0 Å². The highest BCUT2D eigenvalue weighted by Crippen LogP contribution is 2.18. The van der Waals surface area contributed by atoms with Gasteiger partial charge in [-0.3, -0.25) is 18.3 Å². The van der Waals surface area contributed by atoms with Crippen LogP contribution in [0.3, 0.4) is 0 Å². The quantitative estimate of drug-likeness (QED) is 0.495. The highest BCUT2D eigenvalue weighted by molar-refractivity contribution is 5.75. The van der Waals surface area contributed by atoms with Gasteiger partial charge < -0.3 is 9.47 Å².